The molecule has 0 fully saturated rings. The quantitative estimate of drug-likeness (QED) is 0.761. The third-order valence-corrected chi connectivity index (χ3v) is 2.97. The largest absolute Gasteiger partial charge is 0.399 e. The number of benzene rings is 2. The molecule has 2 rings (SSSR count). The van der Waals surface area contributed by atoms with Crippen LogP contribution in [-0.2, 0) is 6.54 Å². The van der Waals surface area contributed by atoms with E-state index in [1.807, 2.05) is 36.4 Å². The first-order valence-electron chi connectivity index (χ1n) is 5.28. The Morgan fingerprint density at radius 1 is 1.06 bits per heavy atom. The molecule has 0 saturated carbocycles. The van der Waals surface area contributed by atoms with E-state index in [2.05, 4.69) is 21.2 Å². The highest BCUT2D eigenvalue weighted by atomic mass is 79.9. The molecule has 0 aliphatic rings. The van der Waals surface area contributed by atoms with Crippen LogP contribution in [0.1, 0.15) is 5.56 Å². The third kappa shape index (κ3) is 3.14. The lowest BCUT2D eigenvalue weighted by atomic mass is 10.1. The maximum atomic E-state index is 5.88. The maximum absolute atomic E-state index is 5.88. The van der Waals surface area contributed by atoms with Crippen LogP contribution in [0.5, 0.6) is 0 Å². The predicted molar refractivity (Wildman–Crippen MR) is 76.7 cm³/mol. The van der Waals surface area contributed by atoms with Gasteiger partial charge in [0.15, 0.2) is 0 Å². The van der Waals surface area contributed by atoms with Gasteiger partial charge in [0.2, 0.25) is 0 Å². The van der Waals surface area contributed by atoms with Gasteiger partial charge in [0.25, 0.3) is 0 Å². The van der Waals surface area contributed by atoms with E-state index < -0.39 is 0 Å². The van der Waals surface area contributed by atoms with Crippen molar-refractivity contribution in [1.29, 1.82) is 0 Å². The average molecular weight is 292 g/mol. The van der Waals surface area contributed by atoms with Crippen LogP contribution < -0.4 is 16.8 Å². The van der Waals surface area contributed by atoms with Crippen molar-refractivity contribution in [2.45, 2.75) is 6.54 Å². The van der Waals surface area contributed by atoms with Gasteiger partial charge < -0.3 is 16.8 Å². The van der Waals surface area contributed by atoms with Crippen LogP contribution in [0.25, 0.3) is 0 Å². The van der Waals surface area contributed by atoms with E-state index >= 15 is 0 Å². The summed E-state index contributed by atoms with van der Waals surface area (Å²) < 4.78 is 1.04. The van der Waals surface area contributed by atoms with Crippen LogP contribution in [-0.4, -0.2) is 0 Å². The summed E-state index contributed by atoms with van der Waals surface area (Å²) in [6, 6.07) is 13.5. The normalized spacial score (nSPS) is 10.2. The van der Waals surface area contributed by atoms with Gasteiger partial charge >= 0.3 is 0 Å². The van der Waals surface area contributed by atoms with Gasteiger partial charge in [-0.25, -0.2) is 0 Å². The first-order valence-corrected chi connectivity index (χ1v) is 6.08. The summed E-state index contributed by atoms with van der Waals surface area (Å²) in [5.41, 5.74) is 15.1. The molecule has 0 aliphatic carbocycles. The minimum atomic E-state index is 0.660. The summed E-state index contributed by atoms with van der Waals surface area (Å²) in [6.45, 7) is 0.660. The number of hydrogen-bond acceptors (Lipinski definition) is 3. The molecule has 17 heavy (non-hydrogen) atoms. The molecule has 2 aromatic rings. The number of rotatable bonds is 3. The van der Waals surface area contributed by atoms with Crippen molar-refractivity contribution >= 4 is 33.0 Å². The summed E-state index contributed by atoms with van der Waals surface area (Å²) in [6.07, 6.45) is 0. The Hall–Kier alpha value is -1.68. The topological polar surface area (TPSA) is 64.1 Å². The van der Waals surface area contributed by atoms with E-state index in [1.165, 1.54) is 0 Å². The third-order valence-electron chi connectivity index (χ3n) is 2.47. The molecule has 0 unspecified atom stereocenters. The Morgan fingerprint density at radius 3 is 2.65 bits per heavy atom. The van der Waals surface area contributed by atoms with E-state index in [-0.39, 0.29) is 0 Å². The maximum Gasteiger partial charge on any atom is 0.0421 e. The number of anilines is 3. The highest BCUT2D eigenvalue weighted by Crippen LogP contribution is 2.19. The molecule has 0 atom stereocenters. The van der Waals surface area contributed by atoms with Crippen molar-refractivity contribution < 1.29 is 0 Å². The van der Waals surface area contributed by atoms with Crippen molar-refractivity contribution in [3.05, 3.63) is 52.5 Å². The zero-order chi connectivity index (χ0) is 12.3. The second-order valence-electron chi connectivity index (χ2n) is 3.82. The molecule has 0 spiro atoms. The number of halogens is 1. The lowest BCUT2D eigenvalue weighted by Gasteiger charge is -2.10. The van der Waals surface area contributed by atoms with Gasteiger partial charge in [-0.2, -0.15) is 0 Å². The summed E-state index contributed by atoms with van der Waals surface area (Å²) in [5, 5.41) is 3.30. The van der Waals surface area contributed by atoms with Crippen molar-refractivity contribution in [3.8, 4) is 0 Å². The van der Waals surface area contributed by atoms with E-state index in [0.717, 1.165) is 27.1 Å². The fraction of sp³-hybridized carbons (Fsp3) is 0.0769. The van der Waals surface area contributed by atoms with E-state index in [0.29, 0.717) is 6.54 Å². The molecular weight excluding hydrogens is 278 g/mol. The smallest absolute Gasteiger partial charge is 0.0421 e. The molecule has 3 nitrogen and oxygen atoms in total. The van der Waals surface area contributed by atoms with Crippen LogP contribution in [0.3, 0.4) is 0 Å². The van der Waals surface area contributed by atoms with Gasteiger partial charge in [-0.3, -0.25) is 0 Å². The lowest BCUT2D eigenvalue weighted by Crippen LogP contribution is -2.03. The molecule has 0 saturated heterocycles. The molecule has 4 heteroatoms. The fourth-order valence-electron chi connectivity index (χ4n) is 1.57. The Kier molecular flexibility index (Phi) is 3.54. The second kappa shape index (κ2) is 5.10. The van der Waals surface area contributed by atoms with Crippen LogP contribution in [0.2, 0.25) is 0 Å². The fourth-order valence-corrected chi connectivity index (χ4v) is 1.97. The first kappa shape index (κ1) is 11.8. The number of hydrogen-bond donors (Lipinski definition) is 3. The first-order chi connectivity index (χ1) is 8.15. The van der Waals surface area contributed by atoms with Crippen molar-refractivity contribution in [3.63, 3.8) is 0 Å². The van der Waals surface area contributed by atoms with Gasteiger partial charge in [-0.05, 0) is 42.0 Å². The summed E-state index contributed by atoms with van der Waals surface area (Å²) in [4.78, 5) is 0. The number of nitrogens with one attached hydrogen (secondary N) is 1. The summed E-state index contributed by atoms with van der Waals surface area (Å²) in [7, 11) is 0. The minimum absolute atomic E-state index is 0.660. The zero-order valence-electron chi connectivity index (χ0n) is 9.28. The van der Waals surface area contributed by atoms with Crippen molar-refractivity contribution in [2.75, 3.05) is 16.8 Å². The monoisotopic (exact) mass is 291 g/mol. The summed E-state index contributed by atoms with van der Waals surface area (Å²) >= 11 is 3.43. The Bertz CT molecular complexity index is 526. The van der Waals surface area contributed by atoms with Crippen molar-refractivity contribution in [2.24, 2.45) is 0 Å². The minimum Gasteiger partial charge on any atom is -0.399 e. The van der Waals surface area contributed by atoms with E-state index in [1.54, 1.807) is 6.07 Å². The Balaban J connectivity index is 2.09. The lowest BCUT2D eigenvalue weighted by molar-refractivity contribution is 1.15. The SMILES string of the molecule is Nc1ccc(N)c(CNc2cccc(Br)c2)c1. The molecule has 0 aromatic heterocycles. The zero-order valence-corrected chi connectivity index (χ0v) is 10.9. The highest BCUT2D eigenvalue weighted by Gasteiger charge is 2.00. The number of nitrogens with two attached hydrogens (primary N) is 2. The Morgan fingerprint density at radius 2 is 1.88 bits per heavy atom. The molecule has 0 amide bonds. The molecule has 0 radical (unpaired) electrons. The van der Waals surface area contributed by atoms with E-state index in [4.69, 9.17) is 11.5 Å². The van der Waals surface area contributed by atoms with Gasteiger partial charge in [-0.15, -0.1) is 0 Å². The highest BCUT2D eigenvalue weighted by molar-refractivity contribution is 9.10. The molecule has 0 bridgehead atoms. The molecule has 5 N–H and O–H groups in total. The van der Waals surface area contributed by atoms with Gasteiger partial charge in [0.05, 0.1) is 0 Å². The van der Waals surface area contributed by atoms with E-state index in [9.17, 15) is 0 Å². The number of nitrogen functional groups attached to an aromatic ring is 2. The Labute approximate surface area is 109 Å². The molecule has 88 valence electrons. The van der Waals surface area contributed by atoms with Gasteiger partial charge in [0.1, 0.15) is 0 Å². The molecule has 0 heterocycles. The van der Waals surface area contributed by atoms with Crippen LogP contribution >= 0.6 is 15.9 Å². The van der Waals surface area contributed by atoms with Crippen LogP contribution in [0.4, 0.5) is 17.1 Å². The molecular formula is C13H14BrN3. The van der Waals surface area contributed by atoms with Crippen molar-refractivity contribution in [1.82, 2.24) is 0 Å². The molecule has 2 aromatic carbocycles. The predicted octanol–water partition coefficient (Wildman–Crippen LogP) is 3.23. The molecule has 0 aliphatic heterocycles. The van der Waals surface area contributed by atoms with Gasteiger partial charge in [-0.1, -0.05) is 22.0 Å². The summed E-state index contributed by atoms with van der Waals surface area (Å²) in [5.74, 6) is 0. The van der Waals surface area contributed by atoms with Gasteiger partial charge in [0, 0.05) is 28.1 Å². The van der Waals surface area contributed by atoms with Crippen LogP contribution in [0.15, 0.2) is 46.9 Å². The van der Waals surface area contributed by atoms with Crippen LogP contribution in [0, 0.1) is 0 Å². The average Bonchev–Trinajstić information content (AvgIpc) is 2.30. The standard InChI is InChI=1S/C13H14BrN3/c14-10-2-1-3-12(7-10)17-8-9-6-11(15)4-5-13(9)16/h1-7,17H,8,15-16H2. The second-order valence-corrected chi connectivity index (χ2v) is 4.74.